The van der Waals surface area contributed by atoms with E-state index in [1.807, 2.05) is 6.20 Å². The molecule has 156 valence electrons. The summed E-state index contributed by atoms with van der Waals surface area (Å²) in [6, 6.07) is 6.77. The summed E-state index contributed by atoms with van der Waals surface area (Å²) in [6.45, 7) is 6.47. The van der Waals surface area contributed by atoms with Gasteiger partial charge in [0.1, 0.15) is 5.84 Å². The second-order valence-corrected chi connectivity index (χ2v) is 7.87. The van der Waals surface area contributed by atoms with E-state index >= 15 is 0 Å². The van der Waals surface area contributed by atoms with Gasteiger partial charge in [-0.05, 0) is 56.9 Å². The van der Waals surface area contributed by atoms with Crippen LogP contribution in [0.5, 0.6) is 0 Å². The molecule has 3 N–H and O–H groups in total. The summed E-state index contributed by atoms with van der Waals surface area (Å²) in [6.07, 6.45) is 11.1. The van der Waals surface area contributed by atoms with Gasteiger partial charge in [0.15, 0.2) is 0 Å². The molecule has 2 aromatic rings. The van der Waals surface area contributed by atoms with Crippen LogP contribution in [0.3, 0.4) is 0 Å². The van der Waals surface area contributed by atoms with Gasteiger partial charge < -0.3 is 15.0 Å². The average molecular weight is 397 g/mol. The van der Waals surface area contributed by atoms with Crippen molar-refractivity contribution < 1.29 is 4.74 Å². The van der Waals surface area contributed by atoms with Crippen molar-refractivity contribution in [2.45, 2.75) is 44.8 Å². The van der Waals surface area contributed by atoms with E-state index in [0.29, 0.717) is 18.8 Å². The minimum atomic E-state index is 0.353. The van der Waals surface area contributed by atoms with Crippen molar-refractivity contribution in [1.82, 2.24) is 20.4 Å². The van der Waals surface area contributed by atoms with Gasteiger partial charge in [-0.3, -0.25) is 15.4 Å². The molecular weight excluding hydrogens is 364 g/mol. The topological polar surface area (TPSA) is 77.6 Å². The number of amidine groups is 1. The summed E-state index contributed by atoms with van der Waals surface area (Å²) in [5.74, 6) is 1.06. The summed E-state index contributed by atoms with van der Waals surface area (Å²) in [4.78, 5) is 7.22. The number of ether oxygens (including phenoxy) is 1. The minimum Gasteiger partial charge on any atom is -0.381 e. The molecular formula is C22H32N6O. The summed E-state index contributed by atoms with van der Waals surface area (Å²) in [5.41, 5.74) is 2.22. The molecule has 0 amide bonds. The fourth-order valence-electron chi connectivity index (χ4n) is 4.15. The number of H-pyrrole nitrogens is 1. The zero-order valence-corrected chi connectivity index (χ0v) is 17.2. The Morgan fingerprint density at radius 2 is 2.34 bits per heavy atom. The van der Waals surface area contributed by atoms with E-state index in [4.69, 9.17) is 9.73 Å². The number of aliphatic imine (C=N–C) groups is 1. The molecule has 0 bridgehead atoms. The molecule has 7 heteroatoms. The molecule has 2 unspecified atom stereocenters. The molecule has 2 saturated heterocycles. The maximum Gasteiger partial charge on any atom is 0.124 e. The molecule has 29 heavy (non-hydrogen) atoms. The van der Waals surface area contributed by atoms with E-state index < -0.39 is 0 Å². The van der Waals surface area contributed by atoms with Crippen molar-refractivity contribution in [3.8, 4) is 0 Å². The Labute approximate surface area is 172 Å². The first-order valence-electron chi connectivity index (χ1n) is 10.8. The van der Waals surface area contributed by atoms with Crippen molar-refractivity contribution in [3.63, 3.8) is 0 Å². The number of hydrogen-bond acceptors (Lipinski definition) is 5. The Kier molecular flexibility index (Phi) is 6.79. The highest BCUT2D eigenvalue weighted by molar-refractivity contribution is 5.93. The third-order valence-electron chi connectivity index (χ3n) is 5.62. The van der Waals surface area contributed by atoms with Crippen LogP contribution in [0.2, 0.25) is 0 Å². The van der Waals surface area contributed by atoms with Gasteiger partial charge in [-0.1, -0.05) is 6.08 Å². The second kappa shape index (κ2) is 9.89. The molecule has 1 aromatic carbocycles. The van der Waals surface area contributed by atoms with Crippen molar-refractivity contribution in [3.05, 3.63) is 36.5 Å². The molecule has 4 rings (SSSR count). The number of allylic oxidation sites excluding steroid dienone is 1. The second-order valence-electron chi connectivity index (χ2n) is 7.87. The van der Waals surface area contributed by atoms with Gasteiger partial charge >= 0.3 is 0 Å². The van der Waals surface area contributed by atoms with Crippen molar-refractivity contribution in [1.29, 1.82) is 0 Å². The zero-order valence-electron chi connectivity index (χ0n) is 17.2. The van der Waals surface area contributed by atoms with Gasteiger partial charge in [0.25, 0.3) is 0 Å². The molecule has 2 atom stereocenters. The molecule has 0 aliphatic carbocycles. The lowest BCUT2D eigenvalue weighted by Gasteiger charge is -2.35. The number of anilines is 1. The normalized spacial score (nSPS) is 23.3. The van der Waals surface area contributed by atoms with E-state index in [0.717, 1.165) is 61.5 Å². The van der Waals surface area contributed by atoms with Crippen molar-refractivity contribution in [2.75, 3.05) is 38.2 Å². The first-order chi connectivity index (χ1) is 14.3. The molecule has 3 heterocycles. The Hall–Kier alpha value is -2.38. The molecule has 0 spiro atoms. The van der Waals surface area contributed by atoms with Crippen LogP contribution in [-0.2, 0) is 4.74 Å². The first-order valence-corrected chi connectivity index (χ1v) is 10.8. The Morgan fingerprint density at radius 3 is 3.21 bits per heavy atom. The van der Waals surface area contributed by atoms with E-state index in [-0.39, 0.29) is 0 Å². The molecule has 0 saturated carbocycles. The van der Waals surface area contributed by atoms with E-state index in [2.05, 4.69) is 63.0 Å². The molecule has 7 nitrogen and oxygen atoms in total. The van der Waals surface area contributed by atoms with Crippen molar-refractivity contribution in [2.24, 2.45) is 4.99 Å². The number of benzene rings is 1. The predicted octanol–water partition coefficient (Wildman–Crippen LogP) is 3.14. The number of likely N-dealkylation sites (tertiary alicyclic amines) is 1. The number of nitrogens with zero attached hydrogens (tertiary/aromatic N) is 3. The van der Waals surface area contributed by atoms with Crippen LogP contribution in [0.4, 0.5) is 5.69 Å². The summed E-state index contributed by atoms with van der Waals surface area (Å²) < 4.78 is 5.67. The Morgan fingerprint density at radius 1 is 1.38 bits per heavy atom. The van der Waals surface area contributed by atoms with Gasteiger partial charge in [0, 0.05) is 43.4 Å². The van der Waals surface area contributed by atoms with E-state index in [1.54, 1.807) is 0 Å². The van der Waals surface area contributed by atoms with Crippen LogP contribution < -0.4 is 10.6 Å². The fraction of sp³-hybridized carbons (Fsp3) is 0.545. The van der Waals surface area contributed by atoms with Crippen LogP contribution in [-0.4, -0.2) is 66.0 Å². The van der Waals surface area contributed by atoms with Crippen LogP contribution in [0.25, 0.3) is 10.9 Å². The third kappa shape index (κ3) is 5.36. The van der Waals surface area contributed by atoms with Gasteiger partial charge in [-0.15, -0.1) is 0 Å². The van der Waals surface area contributed by atoms with E-state index in [9.17, 15) is 0 Å². The fourth-order valence-corrected chi connectivity index (χ4v) is 4.15. The Bertz CT molecular complexity index is 839. The van der Waals surface area contributed by atoms with Gasteiger partial charge in [0.2, 0.25) is 0 Å². The summed E-state index contributed by atoms with van der Waals surface area (Å²) >= 11 is 0. The summed E-state index contributed by atoms with van der Waals surface area (Å²) in [5, 5.41) is 15.4. The molecule has 2 aliphatic heterocycles. The van der Waals surface area contributed by atoms with Gasteiger partial charge in [0.05, 0.1) is 24.5 Å². The van der Waals surface area contributed by atoms with Crippen molar-refractivity contribution >= 4 is 22.4 Å². The largest absolute Gasteiger partial charge is 0.381 e. The first kappa shape index (κ1) is 19.9. The number of nitrogens with one attached hydrogen (secondary N) is 3. The third-order valence-corrected chi connectivity index (χ3v) is 5.62. The number of piperidine rings is 1. The van der Waals surface area contributed by atoms with Crippen LogP contribution in [0.1, 0.15) is 32.6 Å². The highest BCUT2D eigenvalue weighted by Crippen LogP contribution is 2.20. The monoisotopic (exact) mass is 396 g/mol. The summed E-state index contributed by atoms with van der Waals surface area (Å²) in [7, 11) is 0. The number of aromatic nitrogens is 2. The van der Waals surface area contributed by atoms with Crippen LogP contribution in [0, 0.1) is 0 Å². The molecule has 2 fully saturated rings. The number of rotatable bonds is 7. The number of fused-ring (bicyclic) bond motifs is 1. The molecule has 0 radical (unpaired) electrons. The number of aromatic amines is 1. The highest BCUT2D eigenvalue weighted by Gasteiger charge is 2.21. The van der Waals surface area contributed by atoms with Gasteiger partial charge in [-0.25, -0.2) is 0 Å². The van der Waals surface area contributed by atoms with Crippen LogP contribution >= 0.6 is 0 Å². The Balaban J connectivity index is 1.33. The zero-order chi connectivity index (χ0) is 19.9. The number of hydrogen-bond donors (Lipinski definition) is 3. The average Bonchev–Trinajstić information content (AvgIpc) is 3.42. The van der Waals surface area contributed by atoms with E-state index in [1.165, 1.54) is 12.8 Å². The lowest BCUT2D eigenvalue weighted by Crippen LogP contribution is -2.45. The maximum atomic E-state index is 5.67. The predicted molar refractivity (Wildman–Crippen MR) is 118 cm³/mol. The maximum absolute atomic E-state index is 5.67. The smallest absolute Gasteiger partial charge is 0.124 e. The lowest BCUT2D eigenvalue weighted by molar-refractivity contribution is 0.110. The molecule has 2 aliphatic rings. The van der Waals surface area contributed by atoms with Crippen LogP contribution in [0.15, 0.2) is 41.5 Å². The SMILES string of the molecule is C/C=C\C(=N/CNCC1CCCO1)N1CCCC(Nc2ccc3[nH]ncc3c2)C1. The molecule has 1 aromatic heterocycles. The standard InChI is InChI=1S/C22H32N6O/c1-2-5-22(24-16-23-14-20-7-4-11-29-20)28-10-3-6-19(15-28)26-18-8-9-21-17(12-18)13-25-27-21/h2,5,8-9,12-13,19-20,23,26H,3-4,6-7,10-11,14-16H2,1H3,(H,25,27)/b5-2-,24-22+. The lowest BCUT2D eigenvalue weighted by atomic mass is 10.0. The quantitative estimate of drug-likeness (QED) is 0.381. The minimum absolute atomic E-state index is 0.353. The van der Waals surface area contributed by atoms with Gasteiger partial charge in [-0.2, -0.15) is 5.10 Å². The highest BCUT2D eigenvalue weighted by atomic mass is 16.5.